The van der Waals surface area contributed by atoms with E-state index < -0.39 is 0 Å². The molecule has 0 bridgehead atoms. The molecular formula is C16H29N3O. The van der Waals surface area contributed by atoms with Crippen LogP contribution in [-0.4, -0.2) is 32.8 Å². The maximum absolute atomic E-state index is 9.91. The zero-order valence-corrected chi connectivity index (χ0v) is 13.1. The zero-order chi connectivity index (χ0) is 14.6. The second-order valence-corrected chi connectivity index (χ2v) is 6.38. The number of imidazole rings is 1. The van der Waals surface area contributed by atoms with Gasteiger partial charge >= 0.3 is 0 Å². The van der Waals surface area contributed by atoms with Crippen molar-refractivity contribution < 1.29 is 5.11 Å². The quantitative estimate of drug-likeness (QED) is 0.805. The van der Waals surface area contributed by atoms with E-state index in [1.165, 1.54) is 12.8 Å². The van der Waals surface area contributed by atoms with Gasteiger partial charge in [0.1, 0.15) is 5.82 Å². The third-order valence-electron chi connectivity index (χ3n) is 4.65. The van der Waals surface area contributed by atoms with Crippen molar-refractivity contribution in [1.29, 1.82) is 0 Å². The molecule has 1 aromatic heterocycles. The lowest BCUT2D eigenvalue weighted by molar-refractivity contribution is 0.108. The van der Waals surface area contributed by atoms with Crippen molar-refractivity contribution in [3.63, 3.8) is 0 Å². The fourth-order valence-corrected chi connectivity index (χ4v) is 3.74. The van der Waals surface area contributed by atoms with E-state index in [9.17, 15) is 5.11 Å². The number of aliphatic hydroxyl groups is 1. The van der Waals surface area contributed by atoms with E-state index in [4.69, 9.17) is 0 Å². The highest BCUT2D eigenvalue weighted by molar-refractivity contribution is 5.00. The molecule has 0 spiro atoms. The third kappa shape index (κ3) is 3.23. The van der Waals surface area contributed by atoms with Crippen molar-refractivity contribution in [1.82, 2.24) is 14.9 Å². The second-order valence-electron chi connectivity index (χ2n) is 6.38. The summed E-state index contributed by atoms with van der Waals surface area (Å²) >= 11 is 0. The molecule has 2 atom stereocenters. The Balaban J connectivity index is 2.00. The molecule has 1 aliphatic carbocycles. The van der Waals surface area contributed by atoms with Crippen molar-refractivity contribution >= 4 is 0 Å². The van der Waals surface area contributed by atoms with Crippen LogP contribution >= 0.6 is 0 Å². The second kappa shape index (κ2) is 6.72. The van der Waals surface area contributed by atoms with Gasteiger partial charge in [0, 0.05) is 36.9 Å². The van der Waals surface area contributed by atoms with Crippen molar-refractivity contribution in [2.45, 2.75) is 71.0 Å². The van der Waals surface area contributed by atoms with E-state index in [0.717, 1.165) is 31.6 Å². The molecule has 1 fully saturated rings. The smallest absolute Gasteiger partial charge is 0.108 e. The Hall–Kier alpha value is -0.870. The van der Waals surface area contributed by atoms with E-state index >= 15 is 0 Å². The zero-order valence-electron chi connectivity index (χ0n) is 13.1. The summed E-state index contributed by atoms with van der Waals surface area (Å²) in [4.78, 5) is 4.38. The molecule has 2 unspecified atom stereocenters. The number of aliphatic hydroxyl groups excluding tert-OH is 1. The third-order valence-corrected chi connectivity index (χ3v) is 4.65. The fourth-order valence-electron chi connectivity index (χ4n) is 3.74. The van der Waals surface area contributed by atoms with Crippen LogP contribution in [0.5, 0.6) is 0 Å². The lowest BCUT2D eigenvalue weighted by Crippen LogP contribution is -2.54. The minimum absolute atomic E-state index is 0.0683. The normalized spacial score (nSPS) is 26.6. The summed E-state index contributed by atoms with van der Waals surface area (Å²) in [6.45, 7) is 7.73. The van der Waals surface area contributed by atoms with Crippen LogP contribution in [0.3, 0.4) is 0 Å². The Kier molecular flexibility index (Phi) is 5.22. The van der Waals surface area contributed by atoms with Crippen molar-refractivity contribution in [2.75, 3.05) is 6.61 Å². The molecule has 20 heavy (non-hydrogen) atoms. The molecule has 0 amide bonds. The summed E-state index contributed by atoms with van der Waals surface area (Å²) in [5, 5.41) is 13.6. The first kappa shape index (κ1) is 15.5. The first-order valence-corrected chi connectivity index (χ1v) is 8.00. The van der Waals surface area contributed by atoms with Gasteiger partial charge in [0.2, 0.25) is 0 Å². The van der Waals surface area contributed by atoms with Crippen LogP contribution in [0.4, 0.5) is 0 Å². The number of rotatable bonds is 7. The molecule has 2 N–H and O–H groups in total. The monoisotopic (exact) mass is 279 g/mol. The number of hydrogen-bond donors (Lipinski definition) is 2. The van der Waals surface area contributed by atoms with Gasteiger partial charge in [-0.15, -0.1) is 0 Å². The SMILES string of the molecule is CCc1nccn1CCC1CCCC1(CO)NC(C)C. The number of nitrogens with zero attached hydrogens (tertiary/aromatic N) is 2. The minimum atomic E-state index is -0.0683. The maximum Gasteiger partial charge on any atom is 0.108 e. The summed E-state index contributed by atoms with van der Waals surface area (Å²) < 4.78 is 2.26. The highest BCUT2D eigenvalue weighted by Gasteiger charge is 2.42. The largest absolute Gasteiger partial charge is 0.394 e. The first-order valence-electron chi connectivity index (χ1n) is 8.00. The van der Waals surface area contributed by atoms with Crippen LogP contribution in [-0.2, 0) is 13.0 Å². The minimum Gasteiger partial charge on any atom is -0.394 e. The van der Waals surface area contributed by atoms with E-state index in [0.29, 0.717) is 12.0 Å². The van der Waals surface area contributed by atoms with Gasteiger partial charge in [0.05, 0.1) is 6.61 Å². The van der Waals surface area contributed by atoms with Gasteiger partial charge in [-0.3, -0.25) is 0 Å². The van der Waals surface area contributed by atoms with Gasteiger partial charge in [-0.2, -0.15) is 0 Å². The molecular weight excluding hydrogens is 250 g/mol. The first-order chi connectivity index (χ1) is 9.61. The highest BCUT2D eigenvalue weighted by atomic mass is 16.3. The molecule has 0 saturated heterocycles. The highest BCUT2D eigenvalue weighted by Crippen LogP contribution is 2.38. The molecule has 1 heterocycles. The lowest BCUT2D eigenvalue weighted by Gasteiger charge is -2.37. The van der Waals surface area contributed by atoms with Gasteiger partial charge in [0.15, 0.2) is 0 Å². The van der Waals surface area contributed by atoms with Crippen LogP contribution in [0.2, 0.25) is 0 Å². The van der Waals surface area contributed by atoms with Crippen molar-refractivity contribution in [3.05, 3.63) is 18.2 Å². The van der Waals surface area contributed by atoms with Crippen molar-refractivity contribution in [2.24, 2.45) is 5.92 Å². The average molecular weight is 279 g/mol. The number of hydrogen-bond acceptors (Lipinski definition) is 3. The Morgan fingerprint density at radius 3 is 3.00 bits per heavy atom. The molecule has 0 aliphatic heterocycles. The molecule has 4 nitrogen and oxygen atoms in total. The number of nitrogens with one attached hydrogen (secondary N) is 1. The number of aryl methyl sites for hydroxylation is 2. The van der Waals surface area contributed by atoms with Crippen LogP contribution in [0.25, 0.3) is 0 Å². The topological polar surface area (TPSA) is 50.1 Å². The van der Waals surface area contributed by atoms with Crippen LogP contribution in [0.15, 0.2) is 12.4 Å². The Morgan fingerprint density at radius 2 is 2.35 bits per heavy atom. The van der Waals surface area contributed by atoms with Crippen molar-refractivity contribution in [3.8, 4) is 0 Å². The molecule has 4 heteroatoms. The van der Waals surface area contributed by atoms with Gasteiger partial charge in [-0.05, 0) is 25.2 Å². The summed E-state index contributed by atoms with van der Waals surface area (Å²) in [5.74, 6) is 1.72. The summed E-state index contributed by atoms with van der Waals surface area (Å²) in [5.41, 5.74) is -0.0683. The van der Waals surface area contributed by atoms with Gasteiger partial charge in [-0.25, -0.2) is 4.98 Å². The Labute approximate surface area is 122 Å². The summed E-state index contributed by atoms with van der Waals surface area (Å²) in [6, 6.07) is 0.419. The van der Waals surface area contributed by atoms with E-state index in [2.05, 4.69) is 41.8 Å². The molecule has 0 radical (unpaired) electrons. The predicted octanol–water partition coefficient (Wildman–Crippen LogP) is 2.36. The summed E-state index contributed by atoms with van der Waals surface area (Å²) in [6.07, 6.45) is 9.59. The van der Waals surface area contributed by atoms with Gasteiger partial charge in [-0.1, -0.05) is 27.2 Å². The average Bonchev–Trinajstić information content (AvgIpc) is 3.02. The van der Waals surface area contributed by atoms with Crippen LogP contribution in [0.1, 0.15) is 52.3 Å². The molecule has 1 aliphatic rings. The van der Waals surface area contributed by atoms with Gasteiger partial charge in [0.25, 0.3) is 0 Å². The number of aromatic nitrogens is 2. The molecule has 1 saturated carbocycles. The Morgan fingerprint density at radius 1 is 1.55 bits per heavy atom. The van der Waals surface area contributed by atoms with Crippen LogP contribution < -0.4 is 5.32 Å². The maximum atomic E-state index is 9.91. The molecule has 1 aromatic rings. The predicted molar refractivity (Wildman–Crippen MR) is 81.7 cm³/mol. The lowest BCUT2D eigenvalue weighted by atomic mass is 9.84. The Bertz CT molecular complexity index is 416. The fraction of sp³-hybridized carbons (Fsp3) is 0.812. The standard InChI is InChI=1S/C16H29N3O/c1-4-15-17-9-11-19(15)10-7-14-6-5-8-16(14,12-20)18-13(2)3/h9,11,13-14,18,20H,4-8,10,12H2,1-3H3. The summed E-state index contributed by atoms with van der Waals surface area (Å²) in [7, 11) is 0. The van der Waals surface area contributed by atoms with Crippen LogP contribution in [0, 0.1) is 5.92 Å². The molecule has 114 valence electrons. The molecule has 0 aromatic carbocycles. The van der Waals surface area contributed by atoms with E-state index in [1.54, 1.807) is 0 Å². The van der Waals surface area contributed by atoms with E-state index in [-0.39, 0.29) is 12.1 Å². The molecule has 2 rings (SSSR count). The van der Waals surface area contributed by atoms with E-state index in [1.807, 2.05) is 6.20 Å². The van der Waals surface area contributed by atoms with Gasteiger partial charge < -0.3 is 15.0 Å².